The van der Waals surface area contributed by atoms with E-state index in [0.717, 1.165) is 6.42 Å². The van der Waals surface area contributed by atoms with E-state index in [-0.39, 0.29) is 5.91 Å². The first-order valence-corrected chi connectivity index (χ1v) is 4.45. The van der Waals surface area contributed by atoms with Crippen molar-refractivity contribution in [2.75, 3.05) is 13.1 Å². The van der Waals surface area contributed by atoms with Crippen molar-refractivity contribution in [1.29, 1.82) is 0 Å². The van der Waals surface area contributed by atoms with E-state index in [1.165, 1.54) is 6.92 Å². The molecule has 1 aliphatic rings. The maximum atomic E-state index is 11.0. The van der Waals surface area contributed by atoms with Gasteiger partial charge in [0, 0.05) is 20.0 Å². The fourth-order valence-corrected chi connectivity index (χ4v) is 1.68. The number of carboxylic acids is 1. The zero-order valence-electron chi connectivity index (χ0n) is 8.04. The van der Waals surface area contributed by atoms with E-state index in [0.29, 0.717) is 19.5 Å². The molecule has 1 fully saturated rings. The van der Waals surface area contributed by atoms with Crippen LogP contribution in [0.2, 0.25) is 0 Å². The van der Waals surface area contributed by atoms with Gasteiger partial charge >= 0.3 is 5.97 Å². The SMILES string of the molecule is CC(=O)N1CCC[C@@](C)(C(=O)O)C1. The van der Waals surface area contributed by atoms with Crippen molar-refractivity contribution in [2.24, 2.45) is 5.41 Å². The minimum absolute atomic E-state index is 0.0350. The molecule has 1 N–H and O–H groups in total. The van der Waals surface area contributed by atoms with Gasteiger partial charge in [-0.15, -0.1) is 0 Å². The summed E-state index contributed by atoms with van der Waals surface area (Å²) in [5.41, 5.74) is -0.746. The van der Waals surface area contributed by atoms with Crippen molar-refractivity contribution >= 4 is 11.9 Å². The molecule has 1 amide bonds. The van der Waals surface area contributed by atoms with Crippen LogP contribution in [0.4, 0.5) is 0 Å². The number of aliphatic carboxylic acids is 1. The number of amides is 1. The molecule has 0 unspecified atom stereocenters. The predicted molar refractivity (Wildman–Crippen MR) is 47.2 cm³/mol. The van der Waals surface area contributed by atoms with Gasteiger partial charge in [-0.05, 0) is 19.8 Å². The largest absolute Gasteiger partial charge is 0.481 e. The lowest BCUT2D eigenvalue weighted by Gasteiger charge is -2.36. The second-order valence-corrected chi connectivity index (χ2v) is 3.91. The van der Waals surface area contributed by atoms with Crippen LogP contribution in [-0.2, 0) is 9.59 Å². The summed E-state index contributed by atoms with van der Waals surface area (Å²) in [5, 5.41) is 8.96. The number of carboxylic acid groups (broad SMARTS) is 1. The minimum atomic E-state index is -0.807. The van der Waals surface area contributed by atoms with Gasteiger partial charge < -0.3 is 10.0 Å². The number of nitrogens with zero attached hydrogens (tertiary/aromatic N) is 1. The molecule has 1 heterocycles. The second kappa shape index (κ2) is 3.36. The molecular weight excluding hydrogens is 170 g/mol. The molecule has 0 aromatic carbocycles. The molecule has 1 saturated heterocycles. The van der Waals surface area contributed by atoms with Crippen LogP contribution in [0.25, 0.3) is 0 Å². The number of piperidine rings is 1. The van der Waals surface area contributed by atoms with Gasteiger partial charge in [0.15, 0.2) is 0 Å². The lowest BCUT2D eigenvalue weighted by Crippen LogP contribution is -2.47. The van der Waals surface area contributed by atoms with Crippen LogP contribution in [-0.4, -0.2) is 35.0 Å². The Balaban J connectivity index is 2.71. The molecule has 0 spiro atoms. The Kier molecular flexibility index (Phi) is 2.59. The third-order valence-electron chi connectivity index (χ3n) is 2.66. The molecule has 0 saturated carbocycles. The summed E-state index contributed by atoms with van der Waals surface area (Å²) < 4.78 is 0. The Bertz CT molecular complexity index is 239. The summed E-state index contributed by atoms with van der Waals surface area (Å²) in [6, 6.07) is 0. The van der Waals surface area contributed by atoms with Crippen LogP contribution in [0.5, 0.6) is 0 Å². The Labute approximate surface area is 77.5 Å². The number of hydrogen-bond acceptors (Lipinski definition) is 2. The molecule has 1 aliphatic heterocycles. The number of carbonyl (C=O) groups excluding carboxylic acids is 1. The fraction of sp³-hybridized carbons (Fsp3) is 0.778. The van der Waals surface area contributed by atoms with E-state index in [2.05, 4.69) is 0 Å². The molecule has 0 aromatic rings. The molecule has 0 bridgehead atoms. The zero-order chi connectivity index (χ0) is 10.1. The molecule has 4 heteroatoms. The standard InChI is InChI=1S/C9H15NO3/c1-7(11)10-5-3-4-9(2,6-10)8(12)13/h3-6H2,1-2H3,(H,12,13)/t9-/m1/s1. The highest BCUT2D eigenvalue weighted by Crippen LogP contribution is 2.29. The lowest BCUT2D eigenvalue weighted by molar-refractivity contribution is -0.153. The summed E-state index contributed by atoms with van der Waals surface area (Å²) in [6.07, 6.45) is 1.44. The monoisotopic (exact) mass is 185 g/mol. The highest BCUT2D eigenvalue weighted by Gasteiger charge is 2.38. The molecule has 1 atom stereocenters. The van der Waals surface area contributed by atoms with Crippen LogP contribution < -0.4 is 0 Å². The van der Waals surface area contributed by atoms with E-state index < -0.39 is 11.4 Å². The van der Waals surface area contributed by atoms with Crippen molar-refractivity contribution in [1.82, 2.24) is 4.90 Å². The van der Waals surface area contributed by atoms with Gasteiger partial charge in [-0.25, -0.2) is 0 Å². The first-order valence-electron chi connectivity index (χ1n) is 4.45. The molecule has 4 nitrogen and oxygen atoms in total. The van der Waals surface area contributed by atoms with Crippen molar-refractivity contribution < 1.29 is 14.7 Å². The molecular formula is C9H15NO3. The number of hydrogen-bond donors (Lipinski definition) is 1. The van der Waals surface area contributed by atoms with E-state index in [9.17, 15) is 9.59 Å². The summed E-state index contributed by atoms with van der Waals surface area (Å²) in [7, 11) is 0. The van der Waals surface area contributed by atoms with E-state index >= 15 is 0 Å². The highest BCUT2D eigenvalue weighted by atomic mass is 16.4. The normalized spacial score (nSPS) is 28.6. The van der Waals surface area contributed by atoms with Gasteiger partial charge in [-0.2, -0.15) is 0 Å². The predicted octanol–water partition coefficient (Wildman–Crippen LogP) is 0.720. The van der Waals surface area contributed by atoms with Crippen LogP contribution >= 0.6 is 0 Å². The zero-order valence-corrected chi connectivity index (χ0v) is 8.04. The maximum Gasteiger partial charge on any atom is 0.311 e. The topological polar surface area (TPSA) is 57.6 Å². The molecule has 74 valence electrons. The summed E-state index contributed by atoms with van der Waals surface area (Å²) in [5.74, 6) is -0.842. The Hall–Kier alpha value is -1.06. The average Bonchev–Trinajstić information content (AvgIpc) is 2.04. The van der Waals surface area contributed by atoms with Crippen molar-refractivity contribution in [3.05, 3.63) is 0 Å². The Morgan fingerprint density at radius 2 is 2.08 bits per heavy atom. The van der Waals surface area contributed by atoms with E-state index in [1.807, 2.05) is 0 Å². The van der Waals surface area contributed by atoms with Crippen LogP contribution in [0.15, 0.2) is 0 Å². The van der Waals surface area contributed by atoms with Gasteiger partial charge in [0.2, 0.25) is 5.91 Å². The first kappa shape index (κ1) is 10.0. The van der Waals surface area contributed by atoms with Gasteiger partial charge in [-0.3, -0.25) is 9.59 Å². The number of likely N-dealkylation sites (tertiary alicyclic amines) is 1. The molecule has 0 radical (unpaired) electrons. The smallest absolute Gasteiger partial charge is 0.311 e. The van der Waals surface area contributed by atoms with Crippen molar-refractivity contribution in [3.8, 4) is 0 Å². The highest BCUT2D eigenvalue weighted by molar-refractivity contribution is 5.78. The third kappa shape index (κ3) is 1.99. The van der Waals surface area contributed by atoms with E-state index in [1.54, 1.807) is 11.8 Å². The van der Waals surface area contributed by atoms with E-state index in [4.69, 9.17) is 5.11 Å². The lowest BCUT2D eigenvalue weighted by atomic mass is 9.82. The third-order valence-corrected chi connectivity index (χ3v) is 2.66. The fourth-order valence-electron chi connectivity index (χ4n) is 1.68. The molecule has 0 aliphatic carbocycles. The number of rotatable bonds is 1. The quantitative estimate of drug-likeness (QED) is 0.654. The molecule has 13 heavy (non-hydrogen) atoms. The van der Waals surface area contributed by atoms with Crippen molar-refractivity contribution in [3.63, 3.8) is 0 Å². The average molecular weight is 185 g/mol. The first-order chi connectivity index (χ1) is 5.96. The molecule has 1 rings (SSSR count). The second-order valence-electron chi connectivity index (χ2n) is 3.91. The minimum Gasteiger partial charge on any atom is -0.481 e. The van der Waals surface area contributed by atoms with Crippen molar-refractivity contribution in [2.45, 2.75) is 26.7 Å². The van der Waals surface area contributed by atoms with Gasteiger partial charge in [0.25, 0.3) is 0 Å². The Morgan fingerprint density at radius 1 is 1.46 bits per heavy atom. The maximum absolute atomic E-state index is 11.0. The van der Waals surface area contributed by atoms with Crippen LogP contribution in [0.1, 0.15) is 26.7 Å². The number of carbonyl (C=O) groups is 2. The summed E-state index contributed by atoms with van der Waals surface area (Å²) in [6.45, 7) is 4.22. The van der Waals surface area contributed by atoms with Crippen LogP contribution in [0.3, 0.4) is 0 Å². The molecule has 0 aromatic heterocycles. The van der Waals surface area contributed by atoms with Gasteiger partial charge in [0.1, 0.15) is 0 Å². The summed E-state index contributed by atoms with van der Waals surface area (Å²) >= 11 is 0. The Morgan fingerprint density at radius 3 is 2.54 bits per heavy atom. The van der Waals surface area contributed by atoms with Gasteiger partial charge in [0.05, 0.1) is 5.41 Å². The van der Waals surface area contributed by atoms with Crippen LogP contribution in [0, 0.1) is 5.41 Å². The summed E-state index contributed by atoms with van der Waals surface area (Å²) in [4.78, 5) is 23.6. The van der Waals surface area contributed by atoms with Gasteiger partial charge in [-0.1, -0.05) is 0 Å².